The Labute approximate surface area is 128 Å². The Morgan fingerprint density at radius 2 is 1.76 bits per heavy atom. The Balaban J connectivity index is 2.58. The second-order valence-electron chi connectivity index (χ2n) is 3.97. The molecule has 2 nitrogen and oxygen atoms in total. The molecule has 0 aliphatic carbocycles. The summed E-state index contributed by atoms with van der Waals surface area (Å²) in [7, 11) is 0. The van der Waals surface area contributed by atoms with Gasteiger partial charge in [-0.3, -0.25) is 0 Å². The molecule has 0 bridgehead atoms. The highest BCUT2D eigenvalue weighted by Crippen LogP contribution is 2.37. The van der Waals surface area contributed by atoms with Gasteiger partial charge >= 0.3 is 6.36 Å². The normalized spacial score (nSPS) is 11.0. The van der Waals surface area contributed by atoms with Crippen LogP contribution in [0.4, 0.5) is 13.2 Å². The van der Waals surface area contributed by atoms with Crippen molar-refractivity contribution in [3.05, 3.63) is 52.0 Å². The highest BCUT2D eigenvalue weighted by Gasteiger charge is 2.31. The molecule has 0 spiro atoms. The first-order valence-electron chi connectivity index (χ1n) is 5.56. The molecule has 0 aromatic heterocycles. The summed E-state index contributed by atoms with van der Waals surface area (Å²) in [5, 5.41) is 9.46. The van der Waals surface area contributed by atoms with Crippen molar-refractivity contribution in [3.8, 4) is 22.9 Å². The average Bonchev–Trinajstić information content (AvgIpc) is 2.40. The molecule has 0 unspecified atom stereocenters. The van der Waals surface area contributed by atoms with Gasteiger partial charge in [-0.25, -0.2) is 0 Å². The fourth-order valence-corrected chi connectivity index (χ4v) is 2.15. The molecule has 0 amide bonds. The standard InChI is InChI=1S/C14H6Cl2F3NO/c15-12-3-1-2-10(13(12)16)11-6-9(21-14(17,18)19)5-4-8(11)7-20/h1-6H. The molecule has 0 atom stereocenters. The minimum absolute atomic E-state index is 0.153. The Morgan fingerprint density at radius 1 is 1.05 bits per heavy atom. The third kappa shape index (κ3) is 3.60. The number of rotatable bonds is 2. The molecule has 0 radical (unpaired) electrons. The molecule has 2 rings (SSSR count). The SMILES string of the molecule is N#Cc1ccc(OC(F)(F)F)cc1-c1cccc(Cl)c1Cl. The van der Waals surface area contributed by atoms with Crippen molar-refractivity contribution in [1.29, 1.82) is 5.26 Å². The van der Waals surface area contributed by atoms with E-state index in [4.69, 9.17) is 28.5 Å². The summed E-state index contributed by atoms with van der Waals surface area (Å²) in [6, 6.07) is 9.97. The molecule has 0 fully saturated rings. The van der Waals surface area contributed by atoms with E-state index in [0.717, 1.165) is 12.1 Å². The third-order valence-electron chi connectivity index (χ3n) is 2.59. The van der Waals surface area contributed by atoms with Gasteiger partial charge in [0.2, 0.25) is 0 Å². The zero-order valence-corrected chi connectivity index (χ0v) is 11.7. The van der Waals surface area contributed by atoms with Crippen LogP contribution in [0.25, 0.3) is 11.1 Å². The Morgan fingerprint density at radius 3 is 2.38 bits per heavy atom. The van der Waals surface area contributed by atoms with Crippen LogP contribution in [0.5, 0.6) is 5.75 Å². The van der Waals surface area contributed by atoms with Crippen molar-refractivity contribution in [2.24, 2.45) is 0 Å². The van der Waals surface area contributed by atoms with E-state index in [2.05, 4.69) is 4.74 Å². The molecule has 7 heteroatoms. The minimum Gasteiger partial charge on any atom is -0.406 e. The van der Waals surface area contributed by atoms with Crippen LogP contribution in [0.15, 0.2) is 36.4 Å². The summed E-state index contributed by atoms with van der Waals surface area (Å²) in [6.07, 6.45) is -4.82. The number of alkyl halides is 3. The fraction of sp³-hybridized carbons (Fsp3) is 0.0714. The lowest BCUT2D eigenvalue weighted by molar-refractivity contribution is -0.274. The summed E-state index contributed by atoms with van der Waals surface area (Å²) < 4.78 is 40.6. The van der Waals surface area contributed by atoms with E-state index in [-0.39, 0.29) is 21.2 Å². The quantitative estimate of drug-likeness (QED) is 0.734. The number of hydrogen-bond donors (Lipinski definition) is 0. The lowest BCUT2D eigenvalue weighted by atomic mass is 10.00. The van der Waals surface area contributed by atoms with Crippen LogP contribution in [-0.4, -0.2) is 6.36 Å². The number of halogens is 5. The second kappa shape index (κ2) is 5.84. The van der Waals surface area contributed by atoms with Gasteiger partial charge in [0.25, 0.3) is 0 Å². The van der Waals surface area contributed by atoms with E-state index in [1.165, 1.54) is 12.1 Å². The number of hydrogen-bond acceptors (Lipinski definition) is 2. The zero-order chi connectivity index (χ0) is 15.6. The van der Waals surface area contributed by atoms with Gasteiger partial charge in [0.1, 0.15) is 5.75 Å². The average molecular weight is 332 g/mol. The smallest absolute Gasteiger partial charge is 0.406 e. The lowest BCUT2D eigenvalue weighted by Crippen LogP contribution is -2.17. The number of ether oxygens (including phenoxy) is 1. The Hall–Kier alpha value is -1.90. The van der Waals surface area contributed by atoms with Crippen molar-refractivity contribution >= 4 is 23.2 Å². The van der Waals surface area contributed by atoms with Crippen molar-refractivity contribution in [2.75, 3.05) is 0 Å². The van der Waals surface area contributed by atoms with Gasteiger partial charge in [0.15, 0.2) is 0 Å². The summed E-state index contributed by atoms with van der Waals surface area (Å²) in [5.41, 5.74) is 0.730. The van der Waals surface area contributed by atoms with Crippen molar-refractivity contribution in [1.82, 2.24) is 0 Å². The first kappa shape index (κ1) is 15.5. The molecule has 0 aliphatic heterocycles. The minimum atomic E-state index is -4.82. The maximum atomic E-state index is 12.3. The fourth-order valence-electron chi connectivity index (χ4n) is 1.75. The maximum Gasteiger partial charge on any atom is 0.573 e. The van der Waals surface area contributed by atoms with E-state index < -0.39 is 12.1 Å². The van der Waals surface area contributed by atoms with Gasteiger partial charge in [0.05, 0.1) is 21.7 Å². The zero-order valence-electron chi connectivity index (χ0n) is 10.2. The van der Waals surface area contributed by atoms with Crippen molar-refractivity contribution in [2.45, 2.75) is 6.36 Å². The summed E-state index contributed by atoms with van der Waals surface area (Å²) in [4.78, 5) is 0. The molecule has 2 aromatic rings. The van der Waals surface area contributed by atoms with Crippen LogP contribution in [0.3, 0.4) is 0 Å². The lowest BCUT2D eigenvalue weighted by Gasteiger charge is -2.12. The summed E-state index contributed by atoms with van der Waals surface area (Å²) in [6.45, 7) is 0. The molecule has 0 saturated carbocycles. The first-order valence-corrected chi connectivity index (χ1v) is 6.31. The third-order valence-corrected chi connectivity index (χ3v) is 3.41. The Kier molecular flexibility index (Phi) is 4.31. The number of nitrogens with zero attached hydrogens (tertiary/aromatic N) is 1. The maximum absolute atomic E-state index is 12.3. The van der Waals surface area contributed by atoms with Crippen LogP contribution in [0.1, 0.15) is 5.56 Å². The highest BCUT2D eigenvalue weighted by molar-refractivity contribution is 6.43. The summed E-state index contributed by atoms with van der Waals surface area (Å²) >= 11 is 11.9. The van der Waals surface area contributed by atoms with E-state index in [1.54, 1.807) is 12.1 Å². The van der Waals surface area contributed by atoms with Crippen molar-refractivity contribution in [3.63, 3.8) is 0 Å². The largest absolute Gasteiger partial charge is 0.573 e. The van der Waals surface area contributed by atoms with Gasteiger partial charge in [0, 0.05) is 11.1 Å². The van der Waals surface area contributed by atoms with E-state index in [0.29, 0.717) is 5.56 Å². The van der Waals surface area contributed by atoms with E-state index in [9.17, 15) is 13.2 Å². The molecule has 0 saturated heterocycles. The predicted molar refractivity (Wildman–Crippen MR) is 73.3 cm³/mol. The van der Waals surface area contributed by atoms with Gasteiger partial charge in [-0.05, 0) is 24.3 Å². The molecular formula is C14H6Cl2F3NO. The number of nitriles is 1. The van der Waals surface area contributed by atoms with Crippen molar-refractivity contribution < 1.29 is 17.9 Å². The molecule has 0 N–H and O–H groups in total. The first-order chi connectivity index (χ1) is 9.81. The van der Waals surface area contributed by atoms with Gasteiger partial charge in [-0.2, -0.15) is 5.26 Å². The molecule has 0 heterocycles. The van der Waals surface area contributed by atoms with Crippen LogP contribution in [0, 0.1) is 11.3 Å². The van der Waals surface area contributed by atoms with Crippen LogP contribution in [-0.2, 0) is 0 Å². The van der Waals surface area contributed by atoms with Crippen LogP contribution >= 0.6 is 23.2 Å². The number of benzene rings is 2. The predicted octanol–water partition coefficient (Wildman–Crippen LogP) is 5.43. The topological polar surface area (TPSA) is 33.0 Å². The van der Waals surface area contributed by atoms with Crippen LogP contribution < -0.4 is 4.74 Å². The van der Waals surface area contributed by atoms with E-state index in [1.807, 2.05) is 6.07 Å². The molecular weight excluding hydrogens is 326 g/mol. The summed E-state index contributed by atoms with van der Waals surface area (Å²) in [5.74, 6) is -0.437. The molecule has 2 aromatic carbocycles. The monoisotopic (exact) mass is 331 g/mol. The molecule has 21 heavy (non-hydrogen) atoms. The van der Waals surface area contributed by atoms with E-state index >= 15 is 0 Å². The Bertz CT molecular complexity index is 723. The molecule has 0 aliphatic rings. The molecule has 108 valence electrons. The van der Waals surface area contributed by atoms with Gasteiger partial charge < -0.3 is 4.74 Å². The van der Waals surface area contributed by atoms with Gasteiger partial charge in [-0.15, -0.1) is 13.2 Å². The van der Waals surface area contributed by atoms with Gasteiger partial charge in [-0.1, -0.05) is 35.3 Å². The second-order valence-corrected chi connectivity index (χ2v) is 4.75. The van der Waals surface area contributed by atoms with Crippen LogP contribution in [0.2, 0.25) is 10.0 Å². The highest BCUT2D eigenvalue weighted by atomic mass is 35.5.